The Hall–Kier alpha value is -1.02. The molecular weight excluding hydrogens is 172 g/mol. The number of hydrogen-bond acceptors (Lipinski definition) is 2. The number of rotatable bonds is 2. The molecule has 0 unspecified atom stereocenters. The zero-order valence-electron chi connectivity index (χ0n) is 9.14. The number of hydrogen-bond donors (Lipinski definition) is 0. The molecule has 2 heteroatoms. The molecule has 0 spiro atoms. The zero-order valence-corrected chi connectivity index (χ0v) is 9.14. The quantitative estimate of drug-likeness (QED) is 0.670. The molecule has 0 radical (unpaired) electrons. The summed E-state index contributed by atoms with van der Waals surface area (Å²) in [4.78, 5) is 0. The monoisotopic (exact) mass is 190 g/mol. The summed E-state index contributed by atoms with van der Waals surface area (Å²) in [6, 6.07) is 4.70. The van der Waals surface area contributed by atoms with Crippen molar-refractivity contribution in [2.75, 3.05) is 0 Å². The smallest absolute Gasteiger partial charge is 0.0695 e. The Morgan fingerprint density at radius 2 is 1.71 bits per heavy atom. The summed E-state index contributed by atoms with van der Waals surface area (Å²) in [6.45, 7) is 4.12. The Morgan fingerprint density at radius 1 is 1.14 bits per heavy atom. The SMILES string of the molecule is CC(C)(CC#N)C1(C#N)CCCCC1. The third-order valence-electron chi connectivity index (χ3n) is 3.74. The predicted octanol–water partition coefficient (Wildman–Crippen LogP) is 3.40. The molecule has 0 atom stereocenters. The van der Waals surface area contributed by atoms with Crippen molar-refractivity contribution in [1.82, 2.24) is 0 Å². The van der Waals surface area contributed by atoms with E-state index < -0.39 is 0 Å². The highest BCUT2D eigenvalue weighted by atomic mass is 14.5. The van der Waals surface area contributed by atoms with E-state index in [4.69, 9.17) is 5.26 Å². The summed E-state index contributed by atoms with van der Waals surface area (Å²) in [5.41, 5.74) is -0.405. The van der Waals surface area contributed by atoms with E-state index in [2.05, 4.69) is 26.0 Å². The van der Waals surface area contributed by atoms with Crippen LogP contribution in [-0.4, -0.2) is 0 Å². The van der Waals surface area contributed by atoms with Crippen LogP contribution in [0, 0.1) is 33.5 Å². The molecular formula is C12H18N2. The molecule has 0 aromatic heterocycles. The van der Waals surface area contributed by atoms with Crippen LogP contribution in [0.15, 0.2) is 0 Å². The lowest BCUT2D eigenvalue weighted by atomic mass is 9.58. The van der Waals surface area contributed by atoms with Crippen LogP contribution in [0.5, 0.6) is 0 Å². The Balaban J connectivity index is 2.89. The van der Waals surface area contributed by atoms with Crippen LogP contribution in [0.3, 0.4) is 0 Å². The maximum absolute atomic E-state index is 9.34. The maximum Gasteiger partial charge on any atom is 0.0695 e. The molecule has 0 N–H and O–H groups in total. The third-order valence-corrected chi connectivity index (χ3v) is 3.74. The van der Waals surface area contributed by atoms with Gasteiger partial charge in [0.25, 0.3) is 0 Å². The van der Waals surface area contributed by atoms with Crippen LogP contribution >= 0.6 is 0 Å². The molecule has 1 fully saturated rings. The minimum Gasteiger partial charge on any atom is -0.198 e. The van der Waals surface area contributed by atoms with E-state index in [0.717, 1.165) is 25.7 Å². The Kier molecular flexibility index (Phi) is 3.17. The highest BCUT2D eigenvalue weighted by Crippen LogP contribution is 2.50. The first-order chi connectivity index (χ1) is 6.58. The van der Waals surface area contributed by atoms with Crippen LogP contribution in [0.2, 0.25) is 0 Å². The van der Waals surface area contributed by atoms with Crippen LogP contribution in [0.1, 0.15) is 52.4 Å². The van der Waals surface area contributed by atoms with E-state index in [1.807, 2.05) is 0 Å². The lowest BCUT2D eigenvalue weighted by Crippen LogP contribution is -2.38. The summed E-state index contributed by atoms with van der Waals surface area (Å²) >= 11 is 0. The molecule has 0 bridgehead atoms. The van der Waals surface area contributed by atoms with E-state index in [1.165, 1.54) is 6.42 Å². The fraction of sp³-hybridized carbons (Fsp3) is 0.833. The normalized spacial score (nSPS) is 20.9. The van der Waals surface area contributed by atoms with Gasteiger partial charge in [-0.05, 0) is 18.3 Å². The van der Waals surface area contributed by atoms with Gasteiger partial charge in [0, 0.05) is 6.42 Å². The lowest BCUT2D eigenvalue weighted by Gasteiger charge is -2.43. The molecule has 1 aliphatic rings. The van der Waals surface area contributed by atoms with Gasteiger partial charge in [-0.3, -0.25) is 0 Å². The molecule has 0 aliphatic heterocycles. The van der Waals surface area contributed by atoms with E-state index >= 15 is 0 Å². The van der Waals surface area contributed by atoms with Crippen molar-refractivity contribution < 1.29 is 0 Å². The van der Waals surface area contributed by atoms with Gasteiger partial charge in [-0.25, -0.2) is 0 Å². The van der Waals surface area contributed by atoms with Gasteiger partial charge >= 0.3 is 0 Å². The molecule has 14 heavy (non-hydrogen) atoms. The second-order valence-corrected chi connectivity index (χ2v) is 4.97. The van der Waals surface area contributed by atoms with Crippen LogP contribution in [-0.2, 0) is 0 Å². The average molecular weight is 190 g/mol. The molecule has 0 aromatic carbocycles. The minimum absolute atomic E-state index is 0.156. The van der Waals surface area contributed by atoms with Crippen LogP contribution in [0.25, 0.3) is 0 Å². The summed E-state index contributed by atoms with van der Waals surface area (Å²) in [5.74, 6) is 0. The Labute approximate surface area is 86.5 Å². The topological polar surface area (TPSA) is 47.6 Å². The number of nitrogens with zero attached hydrogens (tertiary/aromatic N) is 2. The highest BCUT2D eigenvalue weighted by Gasteiger charge is 2.45. The zero-order chi connectivity index (χ0) is 10.7. The predicted molar refractivity (Wildman–Crippen MR) is 55.1 cm³/mol. The summed E-state index contributed by atoms with van der Waals surface area (Å²) < 4.78 is 0. The van der Waals surface area contributed by atoms with Gasteiger partial charge in [0.05, 0.1) is 17.6 Å². The first-order valence-electron chi connectivity index (χ1n) is 5.36. The van der Waals surface area contributed by atoms with Gasteiger partial charge < -0.3 is 0 Å². The summed E-state index contributed by atoms with van der Waals surface area (Å²) in [6.07, 6.45) is 5.95. The molecule has 1 aliphatic carbocycles. The van der Waals surface area contributed by atoms with Gasteiger partial charge in [-0.2, -0.15) is 10.5 Å². The van der Waals surface area contributed by atoms with Crippen molar-refractivity contribution in [3.63, 3.8) is 0 Å². The first kappa shape index (κ1) is 11.1. The molecule has 0 saturated heterocycles. The van der Waals surface area contributed by atoms with E-state index in [0.29, 0.717) is 6.42 Å². The van der Waals surface area contributed by atoms with Gasteiger partial charge in [-0.15, -0.1) is 0 Å². The van der Waals surface area contributed by atoms with Crippen molar-refractivity contribution in [3.8, 4) is 12.1 Å². The van der Waals surface area contributed by atoms with Crippen LogP contribution in [0.4, 0.5) is 0 Å². The second-order valence-electron chi connectivity index (χ2n) is 4.97. The van der Waals surface area contributed by atoms with E-state index in [9.17, 15) is 5.26 Å². The summed E-state index contributed by atoms with van der Waals surface area (Å²) in [5, 5.41) is 18.1. The third kappa shape index (κ3) is 1.75. The average Bonchev–Trinajstić information content (AvgIpc) is 2.18. The highest BCUT2D eigenvalue weighted by molar-refractivity contribution is 5.10. The number of nitriles is 2. The van der Waals surface area contributed by atoms with Crippen molar-refractivity contribution in [2.24, 2.45) is 10.8 Å². The molecule has 76 valence electrons. The van der Waals surface area contributed by atoms with Crippen molar-refractivity contribution >= 4 is 0 Å². The van der Waals surface area contributed by atoms with E-state index in [-0.39, 0.29) is 10.8 Å². The molecule has 2 nitrogen and oxygen atoms in total. The first-order valence-corrected chi connectivity index (χ1v) is 5.36. The molecule has 1 rings (SSSR count). The lowest BCUT2D eigenvalue weighted by molar-refractivity contribution is 0.0874. The second kappa shape index (κ2) is 4.01. The fourth-order valence-corrected chi connectivity index (χ4v) is 2.46. The minimum atomic E-state index is -0.249. The fourth-order valence-electron chi connectivity index (χ4n) is 2.46. The molecule has 0 aromatic rings. The van der Waals surface area contributed by atoms with Crippen LogP contribution < -0.4 is 0 Å². The van der Waals surface area contributed by atoms with Gasteiger partial charge in [0.15, 0.2) is 0 Å². The molecule has 1 saturated carbocycles. The van der Waals surface area contributed by atoms with Crippen molar-refractivity contribution in [1.29, 1.82) is 10.5 Å². The largest absolute Gasteiger partial charge is 0.198 e. The van der Waals surface area contributed by atoms with E-state index in [1.54, 1.807) is 0 Å². The van der Waals surface area contributed by atoms with Gasteiger partial charge in [0.2, 0.25) is 0 Å². The van der Waals surface area contributed by atoms with Crippen molar-refractivity contribution in [2.45, 2.75) is 52.4 Å². The maximum atomic E-state index is 9.34. The molecule has 0 heterocycles. The Bertz CT molecular complexity index is 272. The Morgan fingerprint density at radius 3 is 2.14 bits per heavy atom. The standard InChI is InChI=1S/C12H18N2/c1-11(2,8-9-13)12(10-14)6-4-3-5-7-12/h3-8H2,1-2H3. The van der Waals surface area contributed by atoms with Crippen molar-refractivity contribution in [3.05, 3.63) is 0 Å². The van der Waals surface area contributed by atoms with Gasteiger partial charge in [0.1, 0.15) is 0 Å². The van der Waals surface area contributed by atoms with Gasteiger partial charge in [-0.1, -0.05) is 33.1 Å². The molecule has 0 amide bonds. The summed E-state index contributed by atoms with van der Waals surface area (Å²) in [7, 11) is 0.